The van der Waals surface area contributed by atoms with E-state index in [1.807, 2.05) is 0 Å². The van der Waals surface area contributed by atoms with Crippen LogP contribution < -0.4 is 10.1 Å². The van der Waals surface area contributed by atoms with Crippen LogP contribution in [0.15, 0.2) is 24.3 Å². The maximum Gasteiger partial charge on any atom is 0.325 e. The fraction of sp³-hybridized carbons (Fsp3) is 0.429. The number of carbonyl (C=O) groups excluding carboxylic acids is 2. The van der Waals surface area contributed by atoms with Crippen LogP contribution in [0.2, 0.25) is 0 Å². The molecule has 0 saturated carbocycles. The van der Waals surface area contributed by atoms with Crippen LogP contribution >= 0.6 is 0 Å². The number of imide groups is 1. The Balaban J connectivity index is 2.30. The summed E-state index contributed by atoms with van der Waals surface area (Å²) < 4.78 is 5.14. The van der Waals surface area contributed by atoms with Crippen molar-refractivity contribution in [3.8, 4) is 5.75 Å². The third-order valence-electron chi connectivity index (χ3n) is 3.46. The van der Waals surface area contributed by atoms with Gasteiger partial charge in [0.1, 0.15) is 11.3 Å². The molecule has 1 aromatic carbocycles. The predicted octanol–water partition coefficient (Wildman–Crippen LogP) is 0.845. The van der Waals surface area contributed by atoms with Gasteiger partial charge in [-0.15, -0.1) is 0 Å². The van der Waals surface area contributed by atoms with Crippen LogP contribution in [0.1, 0.15) is 18.9 Å². The standard InChI is InChI=1S/C14H18N2O4/c1-14(10-5-3-6-11(9-10)20-2)12(18)16(7-4-8-17)13(19)15-14/h3,5-6,9,17H,4,7-8H2,1-2H3,(H,15,19). The van der Waals surface area contributed by atoms with Crippen molar-refractivity contribution in [1.82, 2.24) is 10.2 Å². The molecule has 1 aromatic rings. The van der Waals surface area contributed by atoms with E-state index < -0.39 is 11.6 Å². The van der Waals surface area contributed by atoms with Crippen molar-refractivity contribution in [2.24, 2.45) is 0 Å². The van der Waals surface area contributed by atoms with Gasteiger partial charge < -0.3 is 15.2 Å². The molecule has 0 radical (unpaired) electrons. The third-order valence-corrected chi connectivity index (χ3v) is 3.46. The molecule has 0 spiro atoms. The monoisotopic (exact) mass is 278 g/mol. The summed E-state index contributed by atoms with van der Waals surface area (Å²) in [6, 6.07) is 6.62. The maximum atomic E-state index is 12.5. The van der Waals surface area contributed by atoms with Crippen molar-refractivity contribution in [2.45, 2.75) is 18.9 Å². The number of nitrogens with one attached hydrogen (secondary N) is 1. The first-order valence-electron chi connectivity index (χ1n) is 6.42. The van der Waals surface area contributed by atoms with Gasteiger partial charge >= 0.3 is 6.03 Å². The topological polar surface area (TPSA) is 78.9 Å². The van der Waals surface area contributed by atoms with E-state index in [2.05, 4.69) is 5.32 Å². The first-order valence-corrected chi connectivity index (χ1v) is 6.42. The summed E-state index contributed by atoms with van der Waals surface area (Å²) in [5.74, 6) is 0.309. The Morgan fingerprint density at radius 1 is 1.40 bits per heavy atom. The number of hydrogen-bond donors (Lipinski definition) is 2. The van der Waals surface area contributed by atoms with Gasteiger partial charge in [0.2, 0.25) is 0 Å². The summed E-state index contributed by atoms with van der Waals surface area (Å²) in [6.07, 6.45) is 0.368. The summed E-state index contributed by atoms with van der Waals surface area (Å²) in [4.78, 5) is 25.5. The third kappa shape index (κ3) is 2.34. The quantitative estimate of drug-likeness (QED) is 0.782. The number of ether oxygens (including phenoxy) is 1. The van der Waals surface area contributed by atoms with Crippen LogP contribution in [0.5, 0.6) is 5.75 Å². The molecule has 2 N–H and O–H groups in total. The number of rotatable bonds is 5. The Kier molecular flexibility index (Phi) is 3.94. The van der Waals surface area contributed by atoms with E-state index in [1.165, 1.54) is 0 Å². The molecular formula is C14H18N2O4. The Morgan fingerprint density at radius 3 is 2.80 bits per heavy atom. The number of aliphatic hydroxyl groups excluding tert-OH is 1. The van der Waals surface area contributed by atoms with Crippen molar-refractivity contribution in [3.05, 3.63) is 29.8 Å². The lowest BCUT2D eigenvalue weighted by Gasteiger charge is -2.22. The second-order valence-corrected chi connectivity index (χ2v) is 4.82. The lowest BCUT2D eigenvalue weighted by Crippen LogP contribution is -2.41. The number of urea groups is 1. The highest BCUT2D eigenvalue weighted by Crippen LogP contribution is 2.30. The summed E-state index contributed by atoms with van der Waals surface area (Å²) in [5.41, 5.74) is -0.428. The number of benzene rings is 1. The lowest BCUT2D eigenvalue weighted by atomic mass is 9.92. The largest absolute Gasteiger partial charge is 0.497 e. The Bertz CT molecular complexity index is 532. The van der Waals surface area contributed by atoms with Crippen LogP contribution in [0.3, 0.4) is 0 Å². The fourth-order valence-electron chi connectivity index (χ4n) is 2.26. The minimum absolute atomic E-state index is 0.0626. The van der Waals surface area contributed by atoms with Gasteiger partial charge in [0.05, 0.1) is 7.11 Å². The smallest absolute Gasteiger partial charge is 0.325 e. The molecular weight excluding hydrogens is 260 g/mol. The first-order chi connectivity index (χ1) is 9.52. The number of nitrogens with zero attached hydrogens (tertiary/aromatic N) is 1. The van der Waals surface area contributed by atoms with Crippen molar-refractivity contribution in [1.29, 1.82) is 0 Å². The molecule has 1 atom stereocenters. The van der Waals surface area contributed by atoms with Crippen molar-refractivity contribution in [3.63, 3.8) is 0 Å². The zero-order valence-electron chi connectivity index (χ0n) is 11.5. The van der Waals surface area contributed by atoms with Crippen molar-refractivity contribution in [2.75, 3.05) is 20.3 Å². The average molecular weight is 278 g/mol. The van der Waals surface area contributed by atoms with Gasteiger partial charge in [-0.05, 0) is 31.0 Å². The summed E-state index contributed by atoms with van der Waals surface area (Å²) in [5, 5.41) is 11.5. The minimum Gasteiger partial charge on any atom is -0.497 e. The predicted molar refractivity (Wildman–Crippen MR) is 72.3 cm³/mol. The van der Waals surface area contributed by atoms with E-state index in [1.54, 1.807) is 38.3 Å². The highest BCUT2D eigenvalue weighted by molar-refractivity contribution is 6.07. The van der Waals surface area contributed by atoms with Crippen molar-refractivity contribution >= 4 is 11.9 Å². The molecule has 0 aromatic heterocycles. The molecule has 0 aliphatic carbocycles. The molecule has 1 heterocycles. The molecule has 0 bridgehead atoms. The van der Waals surface area contributed by atoms with Crippen LogP contribution in [-0.2, 0) is 10.3 Å². The molecule has 2 rings (SSSR count). The lowest BCUT2D eigenvalue weighted by molar-refractivity contribution is -0.131. The van der Waals surface area contributed by atoms with Crippen LogP contribution in [-0.4, -0.2) is 42.2 Å². The molecule has 1 fully saturated rings. The van der Waals surface area contributed by atoms with E-state index in [9.17, 15) is 9.59 Å². The van der Waals surface area contributed by atoms with Crippen LogP contribution in [0.25, 0.3) is 0 Å². The normalized spacial score (nSPS) is 22.1. The molecule has 108 valence electrons. The van der Waals surface area contributed by atoms with Gasteiger partial charge in [0, 0.05) is 13.2 Å². The van der Waals surface area contributed by atoms with Gasteiger partial charge in [-0.25, -0.2) is 4.79 Å². The zero-order valence-corrected chi connectivity index (χ0v) is 11.5. The maximum absolute atomic E-state index is 12.5. The second kappa shape index (κ2) is 5.50. The number of amides is 3. The van der Waals surface area contributed by atoms with Gasteiger partial charge in [0.25, 0.3) is 5.91 Å². The summed E-state index contributed by atoms with van der Waals surface area (Å²) >= 11 is 0. The molecule has 1 aliphatic rings. The molecule has 6 heteroatoms. The van der Waals surface area contributed by atoms with Gasteiger partial charge in [-0.1, -0.05) is 12.1 Å². The van der Waals surface area contributed by atoms with E-state index in [4.69, 9.17) is 9.84 Å². The molecule has 3 amide bonds. The number of aliphatic hydroxyl groups is 1. The first kappa shape index (κ1) is 14.3. The summed E-state index contributed by atoms with van der Waals surface area (Å²) in [7, 11) is 1.55. The van der Waals surface area contributed by atoms with E-state index in [0.717, 1.165) is 4.90 Å². The molecule has 1 aliphatic heterocycles. The van der Waals surface area contributed by atoms with Gasteiger partial charge in [0.15, 0.2) is 0 Å². The molecule has 6 nitrogen and oxygen atoms in total. The Morgan fingerprint density at radius 2 is 2.15 bits per heavy atom. The Hall–Kier alpha value is -2.08. The van der Waals surface area contributed by atoms with Gasteiger partial charge in [-0.2, -0.15) is 0 Å². The van der Waals surface area contributed by atoms with E-state index in [-0.39, 0.29) is 19.1 Å². The number of methoxy groups -OCH3 is 1. The molecule has 20 heavy (non-hydrogen) atoms. The minimum atomic E-state index is -1.10. The second-order valence-electron chi connectivity index (χ2n) is 4.82. The average Bonchev–Trinajstić information content (AvgIpc) is 2.68. The molecule has 1 saturated heterocycles. The Labute approximate surface area is 117 Å². The number of carbonyl (C=O) groups is 2. The van der Waals surface area contributed by atoms with Crippen molar-refractivity contribution < 1.29 is 19.4 Å². The number of hydrogen-bond acceptors (Lipinski definition) is 4. The van der Waals surface area contributed by atoms with Gasteiger partial charge in [-0.3, -0.25) is 9.69 Å². The van der Waals surface area contributed by atoms with Crippen LogP contribution in [0.4, 0.5) is 4.79 Å². The SMILES string of the molecule is COc1cccc(C2(C)NC(=O)N(CCCO)C2=O)c1. The van der Waals surface area contributed by atoms with E-state index >= 15 is 0 Å². The van der Waals surface area contributed by atoms with E-state index in [0.29, 0.717) is 17.7 Å². The fourth-order valence-corrected chi connectivity index (χ4v) is 2.26. The molecule has 1 unspecified atom stereocenters. The zero-order chi connectivity index (χ0) is 14.8. The summed E-state index contributed by atoms with van der Waals surface area (Å²) in [6.45, 7) is 1.81. The highest BCUT2D eigenvalue weighted by Gasteiger charge is 2.48. The van der Waals surface area contributed by atoms with Crippen LogP contribution in [0, 0.1) is 0 Å². The highest BCUT2D eigenvalue weighted by atomic mass is 16.5.